The van der Waals surface area contributed by atoms with Crippen LogP contribution in [0.1, 0.15) is 17.9 Å². The van der Waals surface area contributed by atoms with Gasteiger partial charge in [0, 0.05) is 10.9 Å². The highest BCUT2D eigenvalue weighted by atomic mass is 35.5. The van der Waals surface area contributed by atoms with Crippen LogP contribution in [0, 0.1) is 0 Å². The maximum Gasteiger partial charge on any atom is 0.0502 e. The first-order valence-electron chi connectivity index (χ1n) is 4.25. The van der Waals surface area contributed by atoms with Crippen LogP contribution in [-0.4, -0.2) is 11.7 Å². The lowest BCUT2D eigenvalue weighted by atomic mass is 9.97. The van der Waals surface area contributed by atoms with E-state index >= 15 is 0 Å². The van der Waals surface area contributed by atoms with Gasteiger partial charge in [0.15, 0.2) is 0 Å². The van der Waals surface area contributed by atoms with E-state index in [1.165, 1.54) is 0 Å². The summed E-state index contributed by atoms with van der Waals surface area (Å²) in [6.07, 6.45) is 2.60. The zero-order chi connectivity index (χ0) is 9.68. The van der Waals surface area contributed by atoms with Gasteiger partial charge in [-0.1, -0.05) is 29.8 Å². The van der Waals surface area contributed by atoms with Gasteiger partial charge in [-0.15, -0.1) is 6.58 Å². The van der Waals surface area contributed by atoms with Crippen molar-refractivity contribution in [3.63, 3.8) is 0 Å². The first-order valence-corrected chi connectivity index (χ1v) is 4.63. The van der Waals surface area contributed by atoms with Crippen LogP contribution in [0.2, 0.25) is 5.02 Å². The van der Waals surface area contributed by atoms with Crippen molar-refractivity contribution in [2.45, 2.75) is 12.3 Å². The summed E-state index contributed by atoms with van der Waals surface area (Å²) in [6.45, 7) is 3.80. The number of benzene rings is 1. The second-order valence-electron chi connectivity index (χ2n) is 2.96. The molecule has 70 valence electrons. The van der Waals surface area contributed by atoms with Crippen molar-refractivity contribution in [3.05, 3.63) is 47.5 Å². The van der Waals surface area contributed by atoms with Crippen LogP contribution in [0.5, 0.6) is 0 Å². The van der Waals surface area contributed by atoms with Gasteiger partial charge in [-0.3, -0.25) is 0 Å². The monoisotopic (exact) mass is 196 g/mol. The van der Waals surface area contributed by atoms with Crippen LogP contribution in [0.25, 0.3) is 0 Å². The summed E-state index contributed by atoms with van der Waals surface area (Å²) in [4.78, 5) is 0. The molecule has 0 bridgehead atoms. The van der Waals surface area contributed by atoms with Gasteiger partial charge in [0.05, 0.1) is 6.61 Å². The van der Waals surface area contributed by atoms with Crippen LogP contribution in [0.15, 0.2) is 36.9 Å². The van der Waals surface area contributed by atoms with Crippen LogP contribution in [0.3, 0.4) is 0 Å². The van der Waals surface area contributed by atoms with E-state index < -0.39 is 0 Å². The zero-order valence-corrected chi connectivity index (χ0v) is 8.17. The number of rotatable bonds is 4. The fourth-order valence-corrected chi connectivity index (χ4v) is 1.38. The Morgan fingerprint density at radius 3 is 2.46 bits per heavy atom. The minimum Gasteiger partial charge on any atom is -0.396 e. The topological polar surface area (TPSA) is 20.2 Å². The highest BCUT2D eigenvalue weighted by Crippen LogP contribution is 2.21. The predicted molar refractivity (Wildman–Crippen MR) is 56.1 cm³/mol. The molecule has 0 aliphatic heterocycles. The van der Waals surface area contributed by atoms with E-state index in [0.29, 0.717) is 0 Å². The Morgan fingerprint density at radius 1 is 1.38 bits per heavy atom. The normalized spacial score (nSPS) is 12.5. The summed E-state index contributed by atoms with van der Waals surface area (Å²) >= 11 is 5.75. The van der Waals surface area contributed by atoms with Gasteiger partial charge in [-0.05, 0) is 24.1 Å². The van der Waals surface area contributed by atoms with Crippen molar-refractivity contribution in [1.82, 2.24) is 0 Å². The Labute approximate surface area is 83.7 Å². The molecule has 2 heteroatoms. The van der Waals surface area contributed by atoms with Gasteiger partial charge in [-0.25, -0.2) is 0 Å². The molecule has 0 amide bonds. The molecule has 13 heavy (non-hydrogen) atoms. The first kappa shape index (κ1) is 10.3. The van der Waals surface area contributed by atoms with Crippen LogP contribution in [-0.2, 0) is 0 Å². The van der Waals surface area contributed by atoms with Gasteiger partial charge >= 0.3 is 0 Å². The molecule has 1 aromatic rings. The van der Waals surface area contributed by atoms with Crippen molar-refractivity contribution in [2.75, 3.05) is 6.61 Å². The van der Waals surface area contributed by atoms with E-state index in [1.807, 2.05) is 30.3 Å². The Kier molecular flexibility index (Phi) is 4.00. The summed E-state index contributed by atoms with van der Waals surface area (Å²) in [6, 6.07) is 7.55. The average molecular weight is 197 g/mol. The smallest absolute Gasteiger partial charge is 0.0502 e. The minimum absolute atomic E-state index is 0.146. The summed E-state index contributed by atoms with van der Waals surface area (Å²) in [5, 5.41) is 9.82. The fraction of sp³-hybridized carbons (Fsp3) is 0.273. The third-order valence-electron chi connectivity index (χ3n) is 2.01. The van der Waals surface area contributed by atoms with E-state index in [0.717, 1.165) is 17.0 Å². The van der Waals surface area contributed by atoms with Crippen molar-refractivity contribution in [2.24, 2.45) is 0 Å². The number of halogens is 1. The SMILES string of the molecule is C=CCC(CO)c1ccc(Cl)cc1. The standard InChI is InChI=1S/C11H13ClO/c1-2-3-10(8-13)9-4-6-11(12)7-5-9/h2,4-7,10,13H,1,3,8H2. The van der Waals surface area contributed by atoms with E-state index in [2.05, 4.69) is 6.58 Å². The largest absolute Gasteiger partial charge is 0.396 e. The molecule has 1 N–H and O–H groups in total. The van der Waals surface area contributed by atoms with Crippen molar-refractivity contribution in [1.29, 1.82) is 0 Å². The molecule has 0 radical (unpaired) electrons. The highest BCUT2D eigenvalue weighted by Gasteiger charge is 2.07. The zero-order valence-electron chi connectivity index (χ0n) is 7.41. The van der Waals surface area contributed by atoms with Crippen molar-refractivity contribution >= 4 is 11.6 Å². The average Bonchev–Trinajstić information content (AvgIpc) is 2.16. The summed E-state index contributed by atoms with van der Waals surface area (Å²) in [5.41, 5.74) is 1.10. The molecule has 1 aromatic carbocycles. The van der Waals surface area contributed by atoms with Gasteiger partial charge in [0.1, 0.15) is 0 Å². The van der Waals surface area contributed by atoms with E-state index in [-0.39, 0.29) is 12.5 Å². The predicted octanol–water partition coefficient (Wildman–Crippen LogP) is 2.99. The second kappa shape index (κ2) is 5.05. The maximum atomic E-state index is 9.10. The van der Waals surface area contributed by atoms with Crippen molar-refractivity contribution in [3.8, 4) is 0 Å². The molecule has 1 atom stereocenters. The molecule has 1 rings (SSSR count). The lowest BCUT2D eigenvalue weighted by Crippen LogP contribution is -2.02. The Morgan fingerprint density at radius 2 is 2.00 bits per heavy atom. The lowest BCUT2D eigenvalue weighted by molar-refractivity contribution is 0.266. The molecule has 0 spiro atoms. The molecule has 0 heterocycles. The van der Waals surface area contributed by atoms with Gasteiger partial charge in [0.25, 0.3) is 0 Å². The first-order chi connectivity index (χ1) is 6.27. The Hall–Kier alpha value is -0.790. The van der Waals surface area contributed by atoms with Crippen LogP contribution in [0.4, 0.5) is 0 Å². The third kappa shape index (κ3) is 2.87. The number of allylic oxidation sites excluding steroid dienone is 1. The summed E-state index contributed by atoms with van der Waals surface area (Å²) < 4.78 is 0. The molecule has 0 aromatic heterocycles. The molecular weight excluding hydrogens is 184 g/mol. The molecule has 0 aliphatic rings. The summed E-state index contributed by atoms with van der Waals surface area (Å²) in [7, 11) is 0. The molecule has 1 unspecified atom stereocenters. The highest BCUT2D eigenvalue weighted by molar-refractivity contribution is 6.30. The molecule has 0 aliphatic carbocycles. The molecule has 0 saturated heterocycles. The molecule has 0 saturated carbocycles. The second-order valence-corrected chi connectivity index (χ2v) is 3.39. The van der Waals surface area contributed by atoms with Gasteiger partial charge < -0.3 is 5.11 Å². The molecular formula is C11H13ClO. The number of hydrogen-bond acceptors (Lipinski definition) is 1. The van der Waals surface area contributed by atoms with E-state index in [9.17, 15) is 0 Å². The van der Waals surface area contributed by atoms with E-state index in [4.69, 9.17) is 16.7 Å². The van der Waals surface area contributed by atoms with Gasteiger partial charge in [-0.2, -0.15) is 0 Å². The lowest BCUT2D eigenvalue weighted by Gasteiger charge is -2.11. The molecule has 1 nitrogen and oxygen atoms in total. The van der Waals surface area contributed by atoms with Gasteiger partial charge in [0.2, 0.25) is 0 Å². The van der Waals surface area contributed by atoms with Crippen molar-refractivity contribution < 1.29 is 5.11 Å². The van der Waals surface area contributed by atoms with E-state index in [1.54, 1.807) is 0 Å². The number of aliphatic hydroxyl groups excluding tert-OH is 1. The minimum atomic E-state index is 0.146. The Balaban J connectivity index is 2.78. The quantitative estimate of drug-likeness (QED) is 0.735. The fourth-order valence-electron chi connectivity index (χ4n) is 1.25. The van der Waals surface area contributed by atoms with Crippen LogP contribution >= 0.6 is 11.6 Å². The maximum absolute atomic E-state index is 9.10. The number of hydrogen-bond donors (Lipinski definition) is 1. The number of aliphatic hydroxyl groups is 1. The molecule has 0 fully saturated rings. The summed E-state index contributed by atoms with van der Waals surface area (Å²) in [5.74, 6) is 0.148. The Bertz CT molecular complexity index is 266. The van der Waals surface area contributed by atoms with Crippen LogP contribution < -0.4 is 0 Å². The third-order valence-corrected chi connectivity index (χ3v) is 2.26.